The molecule has 0 atom stereocenters. The third-order valence-corrected chi connectivity index (χ3v) is 12.2. The number of rotatable bonds is 16. The van der Waals surface area contributed by atoms with Crippen LogP contribution in [0.25, 0.3) is 0 Å². The van der Waals surface area contributed by atoms with E-state index in [1.54, 1.807) is 6.33 Å². The average Bonchev–Trinajstić information content (AvgIpc) is 2.35. The highest BCUT2D eigenvalue weighted by Crippen LogP contribution is 2.27. The molecule has 1 N–H and O–H groups in total. The molecule has 0 amide bonds. The van der Waals surface area contributed by atoms with Gasteiger partial charge in [0.25, 0.3) is 13.4 Å². The molecule has 3 nitrogen and oxygen atoms in total. The molecule has 7 rings (SSSR count). The lowest BCUT2D eigenvalue weighted by atomic mass is 9.36. The first-order valence-corrected chi connectivity index (χ1v) is 23.2. The van der Waals surface area contributed by atoms with Gasteiger partial charge < -0.3 is 0 Å². The predicted molar refractivity (Wildman–Crippen MR) is 234 cm³/mol. The van der Waals surface area contributed by atoms with Gasteiger partial charge in [-0.1, -0.05) is 58.3 Å². The summed E-state index contributed by atoms with van der Waals surface area (Å²) in [7, 11) is 0. The van der Waals surface area contributed by atoms with Gasteiger partial charge in [-0.2, -0.15) is 5.10 Å². The van der Waals surface area contributed by atoms with E-state index in [1.165, 1.54) is 57.8 Å². The number of nitrogens with one attached hydrogen (secondary N) is 1. The summed E-state index contributed by atoms with van der Waals surface area (Å²) in [5.74, 6) is -89.4. The molecule has 0 aliphatic heterocycles. The first kappa shape index (κ1) is 67.3. The van der Waals surface area contributed by atoms with Gasteiger partial charge in [0.05, 0.1) is 0 Å². The van der Waals surface area contributed by atoms with Gasteiger partial charge in [0.1, 0.15) is 12.2 Å². The topological polar surface area (TPSA) is 41.6 Å². The lowest BCUT2D eigenvalue weighted by Gasteiger charge is -2.21. The second-order valence-corrected chi connectivity index (χ2v) is 17.3. The molecule has 0 aliphatic carbocycles. The fourth-order valence-corrected chi connectivity index (χ4v) is 8.07. The molecule has 7 aromatic rings. The number of halogens is 30. The summed E-state index contributed by atoms with van der Waals surface area (Å²) in [5, 5.41) is 6.74. The zero-order valence-corrected chi connectivity index (χ0v) is 41.0. The lowest BCUT2D eigenvalue weighted by molar-refractivity contribution is 0.380. The molecule has 84 heavy (non-hydrogen) atoms. The second kappa shape index (κ2) is 27.5. The fraction of sp³-hybridized carbons (Fsp3) is 0.224. The number of aromatic nitrogens is 3. The maximum Gasteiger partial charge on any atom is 0.265 e. The number of aryl methyl sites for hydroxylation is 1. The molecule has 0 spiro atoms. The minimum Gasteiger partial charge on any atom is -0.263 e. The van der Waals surface area contributed by atoms with Crippen LogP contribution >= 0.6 is 0 Å². The molecule has 0 bridgehead atoms. The molecule has 0 saturated heterocycles. The predicted octanol–water partition coefficient (Wildman–Crippen LogP) is 12.5. The Balaban J connectivity index is 0.000000246. The fourth-order valence-electron chi connectivity index (χ4n) is 8.07. The van der Waals surface area contributed by atoms with E-state index in [0.717, 1.165) is 12.2 Å². The van der Waals surface area contributed by atoms with Crippen molar-refractivity contribution < 1.29 is 132 Å². The third-order valence-electron chi connectivity index (χ3n) is 12.2. The Morgan fingerprint density at radius 1 is 0.250 bits per heavy atom. The van der Waals surface area contributed by atoms with Crippen molar-refractivity contribution in [2.75, 3.05) is 0 Å². The minimum atomic E-state index is -3.96. The van der Waals surface area contributed by atoms with Crippen LogP contribution in [0.3, 0.4) is 0 Å². The summed E-state index contributed by atoms with van der Waals surface area (Å²) in [5.41, 5.74) is -16.1. The van der Waals surface area contributed by atoms with Crippen LogP contribution in [0.1, 0.15) is 70.5 Å². The van der Waals surface area contributed by atoms with Crippen LogP contribution < -0.4 is 32.8 Å². The molecule has 0 unspecified atom stereocenters. The first-order chi connectivity index (χ1) is 39.3. The van der Waals surface area contributed by atoms with Crippen molar-refractivity contribution in [3.63, 3.8) is 0 Å². The Kier molecular flexibility index (Phi) is 22.0. The van der Waals surface area contributed by atoms with E-state index in [2.05, 4.69) is 22.1 Å². The van der Waals surface area contributed by atoms with Crippen molar-refractivity contribution in [3.05, 3.63) is 187 Å². The van der Waals surface area contributed by atoms with Crippen molar-refractivity contribution in [2.45, 2.75) is 71.1 Å². The van der Waals surface area contributed by atoms with Crippen LogP contribution in [0.5, 0.6) is 0 Å². The number of unbranched alkanes of at least 4 members (excludes halogenated alkanes) is 8. The van der Waals surface area contributed by atoms with Crippen LogP contribution in [0.4, 0.5) is 132 Å². The number of hydrogen-bond acceptors (Lipinski definition) is 2. The van der Waals surface area contributed by atoms with E-state index in [9.17, 15) is 132 Å². The number of hydrogen-bond donors (Lipinski definition) is 1. The van der Waals surface area contributed by atoms with E-state index >= 15 is 0 Å². The molecular formula is C49H25B2F30N3. The van der Waals surface area contributed by atoms with Gasteiger partial charge in [0, 0.05) is 39.2 Å². The molecule has 0 aliphatic rings. The SMILES string of the molecule is CCCCCCCCCCCc1ncn[nH]1.Fc1c(F)c(F)c(B(c2c(F)c(F)c(F)c(F)c2F)c2c(F)c(F)c(F)c(F)c2F)c(F)c1F.Fc1c(F)c(F)c(B(c2c(F)c(F)c(F)c(F)c2F)c2c(F)c(F)c(F)c(F)c2F)c(F)c1F. The Morgan fingerprint density at radius 3 is 0.583 bits per heavy atom. The van der Waals surface area contributed by atoms with Gasteiger partial charge in [0.2, 0.25) is 0 Å². The molecule has 0 radical (unpaired) electrons. The highest BCUT2D eigenvalue weighted by Gasteiger charge is 2.47. The van der Waals surface area contributed by atoms with Gasteiger partial charge >= 0.3 is 0 Å². The van der Waals surface area contributed by atoms with Gasteiger partial charge in [-0.25, -0.2) is 137 Å². The second-order valence-electron chi connectivity index (χ2n) is 17.3. The molecule has 35 heteroatoms. The van der Waals surface area contributed by atoms with Gasteiger partial charge in [-0.05, 0) is 6.42 Å². The Bertz CT molecular complexity index is 2920. The summed E-state index contributed by atoms with van der Waals surface area (Å²) in [4.78, 5) is 4.12. The maximum atomic E-state index is 14.4. The molecule has 1 aromatic heterocycles. The van der Waals surface area contributed by atoms with Crippen molar-refractivity contribution in [1.29, 1.82) is 0 Å². The molecule has 452 valence electrons. The normalized spacial score (nSPS) is 11.3. The van der Waals surface area contributed by atoms with Crippen molar-refractivity contribution in [1.82, 2.24) is 15.2 Å². The zero-order valence-electron chi connectivity index (χ0n) is 41.0. The van der Waals surface area contributed by atoms with Crippen molar-refractivity contribution in [2.24, 2.45) is 0 Å². The van der Waals surface area contributed by atoms with Crippen molar-refractivity contribution in [3.8, 4) is 0 Å². The monoisotopic (exact) mass is 1250 g/mol. The van der Waals surface area contributed by atoms with Crippen LogP contribution in [-0.4, -0.2) is 28.6 Å². The van der Waals surface area contributed by atoms with E-state index in [0.29, 0.717) is 0 Å². The van der Waals surface area contributed by atoms with Crippen LogP contribution in [0, 0.1) is 175 Å². The van der Waals surface area contributed by atoms with E-state index in [4.69, 9.17) is 0 Å². The Labute approximate surface area is 450 Å². The molecule has 0 fully saturated rings. The van der Waals surface area contributed by atoms with E-state index < -0.39 is 221 Å². The Hall–Kier alpha value is -7.51. The van der Waals surface area contributed by atoms with Gasteiger partial charge in [0.15, 0.2) is 175 Å². The summed E-state index contributed by atoms with van der Waals surface area (Å²) in [6, 6.07) is 0. The van der Waals surface area contributed by atoms with E-state index in [-0.39, 0.29) is 0 Å². The third kappa shape index (κ3) is 12.6. The van der Waals surface area contributed by atoms with Crippen LogP contribution in [0.15, 0.2) is 6.33 Å². The summed E-state index contributed by atoms with van der Waals surface area (Å²) >= 11 is 0. The smallest absolute Gasteiger partial charge is 0.263 e. The van der Waals surface area contributed by atoms with Gasteiger partial charge in [-0.15, -0.1) is 0 Å². The highest BCUT2D eigenvalue weighted by molar-refractivity contribution is 6.96. The highest BCUT2D eigenvalue weighted by atomic mass is 19.2. The molecule has 0 saturated carbocycles. The van der Waals surface area contributed by atoms with Crippen LogP contribution in [0.2, 0.25) is 0 Å². The quantitative estimate of drug-likeness (QED) is 0.0344. The number of aromatic amines is 1. The minimum absolute atomic E-state index is 1.03. The molecule has 6 aromatic carbocycles. The Morgan fingerprint density at radius 2 is 0.417 bits per heavy atom. The summed E-state index contributed by atoms with van der Waals surface area (Å²) in [6.07, 6.45) is 15.0. The van der Waals surface area contributed by atoms with Gasteiger partial charge in [-0.3, -0.25) is 5.10 Å². The maximum absolute atomic E-state index is 14.4. The summed E-state index contributed by atoms with van der Waals surface area (Å²) < 4.78 is 417. The number of H-pyrrole nitrogens is 1. The first-order valence-electron chi connectivity index (χ1n) is 23.2. The number of benzene rings is 6. The zero-order chi connectivity index (χ0) is 63.4. The average molecular weight is 1250 g/mol. The summed E-state index contributed by atoms with van der Waals surface area (Å²) in [6.45, 7) is -5.65. The molecular weight excluding hydrogens is 1220 g/mol. The molecule has 1 heterocycles. The standard InChI is InChI=1S/2C18BF15.C13H25N3/c2*20-4-1(5(21)11(27)16(32)10(4)26)19(2-6(22)12(28)17(33)13(29)7(2)23)3-8(24)14(30)18(34)15(31)9(3)25;1-2-3-4-5-6-7-8-9-10-11-13-14-12-15-16-13/h;;12H,2-11H2,1H3,(H,14,15,16). The largest absolute Gasteiger partial charge is 0.265 e. The number of nitrogens with zero attached hydrogens (tertiary/aromatic N) is 2. The lowest BCUT2D eigenvalue weighted by Crippen LogP contribution is -2.60. The van der Waals surface area contributed by atoms with E-state index in [1.807, 2.05) is 0 Å². The van der Waals surface area contributed by atoms with Crippen molar-refractivity contribution >= 4 is 46.2 Å². The van der Waals surface area contributed by atoms with Crippen LogP contribution in [-0.2, 0) is 6.42 Å².